The van der Waals surface area contributed by atoms with Gasteiger partial charge >= 0.3 is 0 Å². The van der Waals surface area contributed by atoms with Crippen LogP contribution in [0.1, 0.15) is 28.4 Å². The van der Waals surface area contributed by atoms with Crippen LogP contribution in [-0.4, -0.2) is 44.7 Å². The van der Waals surface area contributed by atoms with Gasteiger partial charge in [0.05, 0.1) is 20.2 Å². The third kappa shape index (κ3) is 2.92. The summed E-state index contributed by atoms with van der Waals surface area (Å²) in [6.45, 7) is 0.758. The van der Waals surface area contributed by atoms with Gasteiger partial charge in [0.25, 0.3) is 5.91 Å². The molecular formula is C19H19N5O2. The second kappa shape index (κ2) is 6.59. The lowest BCUT2D eigenvalue weighted by Gasteiger charge is -2.41. The average Bonchev–Trinajstić information content (AvgIpc) is 3.07. The zero-order valence-electron chi connectivity index (χ0n) is 14.7. The normalized spacial score (nSPS) is 16.2. The van der Waals surface area contributed by atoms with E-state index in [0.29, 0.717) is 11.4 Å². The topological polar surface area (TPSA) is 73.1 Å². The van der Waals surface area contributed by atoms with E-state index in [1.54, 1.807) is 14.2 Å². The van der Waals surface area contributed by atoms with E-state index in [1.807, 2.05) is 53.4 Å². The molecule has 1 saturated heterocycles. The molecule has 0 radical (unpaired) electrons. The molecule has 1 fully saturated rings. The molecule has 0 aliphatic carbocycles. The van der Waals surface area contributed by atoms with E-state index in [9.17, 15) is 4.79 Å². The van der Waals surface area contributed by atoms with Gasteiger partial charge in [0, 0.05) is 17.7 Å². The number of nitrogens with zero attached hydrogens (tertiary/aromatic N) is 5. The van der Waals surface area contributed by atoms with Crippen molar-refractivity contribution in [1.82, 2.24) is 25.1 Å². The summed E-state index contributed by atoms with van der Waals surface area (Å²) < 4.78 is 5.29. The SMILES string of the molecule is COc1cccc(C2CCN2C(=O)c2ccc(-c3nnn(C)n3)cc2)c1. The fourth-order valence-corrected chi connectivity index (χ4v) is 3.15. The van der Waals surface area contributed by atoms with Crippen LogP contribution < -0.4 is 4.74 Å². The molecule has 1 unspecified atom stereocenters. The van der Waals surface area contributed by atoms with E-state index in [1.165, 1.54) is 4.80 Å². The molecule has 26 heavy (non-hydrogen) atoms. The van der Waals surface area contributed by atoms with E-state index in [0.717, 1.165) is 29.8 Å². The molecule has 0 spiro atoms. The molecule has 4 rings (SSSR count). The van der Waals surface area contributed by atoms with Gasteiger partial charge in [-0.1, -0.05) is 24.3 Å². The Kier molecular flexibility index (Phi) is 4.12. The summed E-state index contributed by atoms with van der Waals surface area (Å²) in [5.74, 6) is 1.38. The molecule has 2 heterocycles. The predicted molar refractivity (Wildman–Crippen MR) is 95.6 cm³/mol. The first-order valence-electron chi connectivity index (χ1n) is 8.45. The highest BCUT2D eigenvalue weighted by molar-refractivity contribution is 5.95. The second-order valence-electron chi connectivity index (χ2n) is 6.26. The number of aromatic nitrogens is 4. The van der Waals surface area contributed by atoms with Crippen LogP contribution in [0.25, 0.3) is 11.4 Å². The summed E-state index contributed by atoms with van der Waals surface area (Å²) in [6, 6.07) is 15.3. The molecule has 1 atom stereocenters. The van der Waals surface area contributed by atoms with Gasteiger partial charge in [0.2, 0.25) is 5.82 Å². The Balaban J connectivity index is 1.52. The summed E-state index contributed by atoms with van der Waals surface area (Å²) in [4.78, 5) is 16.2. The van der Waals surface area contributed by atoms with Crippen LogP contribution in [0.3, 0.4) is 0 Å². The first-order chi connectivity index (χ1) is 12.7. The van der Waals surface area contributed by atoms with Gasteiger partial charge in [-0.3, -0.25) is 4.79 Å². The maximum atomic E-state index is 12.9. The van der Waals surface area contributed by atoms with Crippen molar-refractivity contribution in [2.75, 3.05) is 13.7 Å². The number of amides is 1. The van der Waals surface area contributed by atoms with Crippen molar-refractivity contribution in [1.29, 1.82) is 0 Å². The van der Waals surface area contributed by atoms with Crippen molar-refractivity contribution in [2.45, 2.75) is 12.5 Å². The lowest BCUT2D eigenvalue weighted by molar-refractivity contribution is 0.0460. The predicted octanol–water partition coefficient (Wildman–Crippen LogP) is 2.47. The highest BCUT2D eigenvalue weighted by Gasteiger charge is 2.34. The number of hydrogen-bond acceptors (Lipinski definition) is 5. The van der Waals surface area contributed by atoms with Crippen molar-refractivity contribution >= 4 is 5.91 Å². The first-order valence-corrected chi connectivity index (χ1v) is 8.45. The van der Waals surface area contributed by atoms with E-state index in [2.05, 4.69) is 15.4 Å². The van der Waals surface area contributed by atoms with Gasteiger partial charge < -0.3 is 9.64 Å². The van der Waals surface area contributed by atoms with E-state index >= 15 is 0 Å². The minimum atomic E-state index is 0.0303. The minimum Gasteiger partial charge on any atom is -0.497 e. The molecule has 1 aliphatic heterocycles. The summed E-state index contributed by atoms with van der Waals surface area (Å²) in [5.41, 5.74) is 2.59. The maximum absolute atomic E-state index is 12.9. The Morgan fingerprint density at radius 3 is 2.62 bits per heavy atom. The molecule has 1 aliphatic rings. The fraction of sp³-hybridized carbons (Fsp3) is 0.263. The molecule has 1 amide bonds. The van der Waals surface area contributed by atoms with E-state index in [-0.39, 0.29) is 11.9 Å². The van der Waals surface area contributed by atoms with Crippen molar-refractivity contribution < 1.29 is 9.53 Å². The van der Waals surface area contributed by atoms with Crippen LogP contribution in [0, 0.1) is 0 Å². The Hall–Kier alpha value is -3.22. The third-order valence-electron chi connectivity index (χ3n) is 4.66. The van der Waals surface area contributed by atoms with Crippen LogP contribution in [0.5, 0.6) is 5.75 Å². The van der Waals surface area contributed by atoms with Gasteiger partial charge in [0.15, 0.2) is 0 Å². The summed E-state index contributed by atoms with van der Waals surface area (Å²) >= 11 is 0. The van der Waals surface area contributed by atoms with Gasteiger partial charge in [-0.15, -0.1) is 10.2 Å². The minimum absolute atomic E-state index is 0.0303. The number of hydrogen-bond donors (Lipinski definition) is 0. The number of ether oxygens (including phenoxy) is 1. The van der Waals surface area contributed by atoms with E-state index < -0.39 is 0 Å². The Morgan fingerprint density at radius 1 is 1.19 bits per heavy atom. The number of benzene rings is 2. The van der Waals surface area contributed by atoms with Crippen molar-refractivity contribution in [3.8, 4) is 17.1 Å². The summed E-state index contributed by atoms with van der Waals surface area (Å²) in [5, 5.41) is 12.0. The zero-order chi connectivity index (χ0) is 18.1. The number of rotatable bonds is 4. The lowest BCUT2D eigenvalue weighted by Crippen LogP contribution is -2.45. The van der Waals surface area contributed by atoms with Gasteiger partial charge in [-0.05, 0) is 41.5 Å². The molecule has 7 nitrogen and oxygen atoms in total. The highest BCUT2D eigenvalue weighted by atomic mass is 16.5. The average molecular weight is 349 g/mol. The third-order valence-corrected chi connectivity index (χ3v) is 4.66. The van der Waals surface area contributed by atoms with Gasteiger partial charge in [-0.25, -0.2) is 0 Å². The van der Waals surface area contributed by atoms with Gasteiger partial charge in [-0.2, -0.15) is 4.80 Å². The number of aryl methyl sites for hydroxylation is 1. The highest BCUT2D eigenvalue weighted by Crippen LogP contribution is 2.35. The smallest absolute Gasteiger partial charge is 0.254 e. The summed E-state index contributed by atoms with van der Waals surface area (Å²) in [6.07, 6.45) is 0.959. The van der Waals surface area contributed by atoms with Crippen LogP contribution in [0.15, 0.2) is 48.5 Å². The Bertz CT molecular complexity index is 935. The standard InChI is InChI=1S/C19H19N5O2/c1-23-21-18(20-22-23)13-6-8-14(9-7-13)19(25)24-11-10-17(24)15-4-3-5-16(12-15)26-2/h3-9,12,17H,10-11H2,1-2H3. The Labute approximate surface area is 151 Å². The quantitative estimate of drug-likeness (QED) is 0.723. The number of likely N-dealkylation sites (tertiary alicyclic amines) is 1. The largest absolute Gasteiger partial charge is 0.497 e. The van der Waals surface area contributed by atoms with Gasteiger partial charge in [0.1, 0.15) is 5.75 Å². The summed E-state index contributed by atoms with van der Waals surface area (Å²) in [7, 11) is 3.37. The number of methoxy groups -OCH3 is 1. The monoisotopic (exact) mass is 349 g/mol. The molecule has 132 valence electrons. The van der Waals surface area contributed by atoms with Crippen molar-refractivity contribution in [2.24, 2.45) is 7.05 Å². The van der Waals surface area contributed by atoms with Crippen LogP contribution in [-0.2, 0) is 7.05 Å². The molecule has 7 heteroatoms. The molecule has 3 aromatic rings. The number of tetrazole rings is 1. The Morgan fingerprint density at radius 2 is 2.00 bits per heavy atom. The zero-order valence-corrected chi connectivity index (χ0v) is 14.7. The lowest BCUT2D eigenvalue weighted by atomic mass is 9.93. The number of carbonyl (C=O) groups is 1. The van der Waals surface area contributed by atoms with Crippen LogP contribution in [0.4, 0.5) is 0 Å². The van der Waals surface area contributed by atoms with Crippen LogP contribution >= 0.6 is 0 Å². The second-order valence-corrected chi connectivity index (χ2v) is 6.26. The maximum Gasteiger partial charge on any atom is 0.254 e. The molecule has 2 aromatic carbocycles. The van der Waals surface area contributed by atoms with Crippen molar-refractivity contribution in [3.63, 3.8) is 0 Å². The molecular weight excluding hydrogens is 330 g/mol. The fourth-order valence-electron chi connectivity index (χ4n) is 3.15. The first kappa shape index (κ1) is 16.3. The molecule has 0 saturated carbocycles. The molecule has 0 N–H and O–H groups in total. The van der Waals surface area contributed by atoms with E-state index in [4.69, 9.17) is 4.74 Å². The van der Waals surface area contributed by atoms with Crippen molar-refractivity contribution in [3.05, 3.63) is 59.7 Å². The number of carbonyl (C=O) groups excluding carboxylic acids is 1. The molecule has 0 bridgehead atoms. The molecule has 1 aromatic heterocycles. The van der Waals surface area contributed by atoms with Crippen LogP contribution in [0.2, 0.25) is 0 Å².